The second-order valence-electron chi connectivity index (χ2n) is 5.64. The molecule has 1 aromatic heterocycles. The first-order valence-electron chi connectivity index (χ1n) is 8.08. The topological polar surface area (TPSA) is 56.5 Å². The predicted octanol–water partition coefficient (Wildman–Crippen LogP) is 4.46. The molecule has 3 rings (SSSR count). The van der Waals surface area contributed by atoms with E-state index < -0.39 is 11.6 Å². The molecule has 0 radical (unpaired) electrons. The molecule has 0 atom stereocenters. The smallest absolute Gasteiger partial charge is 0.351 e. The Morgan fingerprint density at radius 3 is 2.32 bits per heavy atom. The van der Waals surface area contributed by atoms with E-state index in [0.717, 1.165) is 16.7 Å². The first-order chi connectivity index (χ1) is 12.1. The van der Waals surface area contributed by atoms with E-state index in [9.17, 15) is 9.59 Å². The van der Waals surface area contributed by atoms with Crippen molar-refractivity contribution in [2.45, 2.75) is 13.8 Å². The van der Waals surface area contributed by atoms with Gasteiger partial charge in [0.1, 0.15) is 5.76 Å². The number of hydrogen-bond acceptors (Lipinski definition) is 4. The van der Waals surface area contributed by atoms with E-state index in [-0.39, 0.29) is 12.2 Å². The maximum Gasteiger partial charge on any atom is 0.351 e. The maximum atomic E-state index is 12.5. The standard InChI is InChI=1S/C21H18O4/c1-3-24-20(22)19-17(15-11-9-14(2)10-12-15)13-18(25-21(19)23)16-7-5-4-6-8-16/h4-13H,3H2,1-2H3. The minimum atomic E-state index is -0.699. The molecule has 0 saturated heterocycles. The lowest BCUT2D eigenvalue weighted by Crippen LogP contribution is -2.18. The van der Waals surface area contributed by atoms with E-state index >= 15 is 0 Å². The van der Waals surface area contributed by atoms with Crippen molar-refractivity contribution < 1.29 is 13.9 Å². The summed E-state index contributed by atoms with van der Waals surface area (Å²) < 4.78 is 10.4. The monoisotopic (exact) mass is 334 g/mol. The molecule has 2 aromatic carbocycles. The minimum absolute atomic E-state index is 0.0783. The molecule has 0 saturated carbocycles. The van der Waals surface area contributed by atoms with Crippen LogP contribution in [0, 0.1) is 6.92 Å². The Labute approximate surface area is 145 Å². The van der Waals surface area contributed by atoms with Gasteiger partial charge in [0.05, 0.1) is 6.61 Å². The summed E-state index contributed by atoms with van der Waals surface area (Å²) in [4.78, 5) is 24.8. The molecule has 3 aromatic rings. The lowest BCUT2D eigenvalue weighted by Gasteiger charge is -2.10. The molecular formula is C21H18O4. The van der Waals surface area contributed by atoms with E-state index in [0.29, 0.717) is 11.3 Å². The van der Waals surface area contributed by atoms with Gasteiger partial charge in [0.25, 0.3) is 0 Å². The average Bonchev–Trinajstić information content (AvgIpc) is 2.62. The molecule has 0 bridgehead atoms. The Morgan fingerprint density at radius 2 is 1.68 bits per heavy atom. The maximum absolute atomic E-state index is 12.5. The summed E-state index contributed by atoms with van der Waals surface area (Å²) in [6, 6.07) is 18.6. The fourth-order valence-corrected chi connectivity index (χ4v) is 2.60. The van der Waals surface area contributed by atoms with Gasteiger partial charge in [-0.05, 0) is 25.5 Å². The molecule has 0 aliphatic rings. The van der Waals surface area contributed by atoms with Crippen molar-refractivity contribution in [3.8, 4) is 22.5 Å². The highest BCUT2D eigenvalue weighted by Gasteiger charge is 2.22. The molecule has 126 valence electrons. The van der Waals surface area contributed by atoms with Crippen LogP contribution in [0.15, 0.2) is 69.9 Å². The van der Waals surface area contributed by atoms with Crippen LogP contribution in [0.5, 0.6) is 0 Å². The van der Waals surface area contributed by atoms with Gasteiger partial charge in [-0.15, -0.1) is 0 Å². The van der Waals surface area contributed by atoms with Crippen LogP contribution in [0.1, 0.15) is 22.8 Å². The first-order valence-corrected chi connectivity index (χ1v) is 8.08. The molecule has 4 nitrogen and oxygen atoms in total. The van der Waals surface area contributed by atoms with Crippen LogP contribution in [0.4, 0.5) is 0 Å². The first kappa shape index (κ1) is 16.7. The predicted molar refractivity (Wildman–Crippen MR) is 96.5 cm³/mol. The quantitative estimate of drug-likeness (QED) is 0.661. The summed E-state index contributed by atoms with van der Waals surface area (Å²) in [6.07, 6.45) is 0. The molecule has 0 unspecified atom stereocenters. The third-order valence-corrected chi connectivity index (χ3v) is 3.85. The highest BCUT2D eigenvalue weighted by atomic mass is 16.5. The van der Waals surface area contributed by atoms with E-state index in [1.165, 1.54) is 0 Å². The Morgan fingerprint density at radius 1 is 1.00 bits per heavy atom. The Bertz CT molecular complexity index is 938. The molecule has 25 heavy (non-hydrogen) atoms. The molecule has 0 aliphatic carbocycles. The van der Waals surface area contributed by atoms with Crippen molar-refractivity contribution in [3.05, 3.63) is 82.2 Å². The van der Waals surface area contributed by atoms with Crippen LogP contribution in [0.2, 0.25) is 0 Å². The van der Waals surface area contributed by atoms with Crippen LogP contribution in [0.3, 0.4) is 0 Å². The fraction of sp³-hybridized carbons (Fsp3) is 0.143. The van der Waals surface area contributed by atoms with Crippen LogP contribution >= 0.6 is 0 Å². The molecule has 0 aliphatic heterocycles. The largest absolute Gasteiger partial charge is 0.462 e. The lowest BCUT2D eigenvalue weighted by molar-refractivity contribution is 0.0522. The molecule has 1 heterocycles. The average molecular weight is 334 g/mol. The van der Waals surface area contributed by atoms with Crippen LogP contribution in [-0.2, 0) is 4.74 Å². The number of ether oxygens (including phenoxy) is 1. The van der Waals surface area contributed by atoms with Crippen molar-refractivity contribution in [3.63, 3.8) is 0 Å². The zero-order valence-corrected chi connectivity index (χ0v) is 14.1. The van der Waals surface area contributed by atoms with E-state index in [4.69, 9.17) is 9.15 Å². The third kappa shape index (κ3) is 3.53. The number of carbonyl (C=O) groups excluding carboxylic acids is 1. The van der Waals surface area contributed by atoms with Crippen molar-refractivity contribution in [2.24, 2.45) is 0 Å². The van der Waals surface area contributed by atoms with Gasteiger partial charge >= 0.3 is 11.6 Å². The highest BCUT2D eigenvalue weighted by molar-refractivity contribution is 5.97. The second-order valence-corrected chi connectivity index (χ2v) is 5.64. The van der Waals surface area contributed by atoms with E-state index in [1.807, 2.05) is 61.5 Å². The van der Waals surface area contributed by atoms with Gasteiger partial charge < -0.3 is 9.15 Å². The van der Waals surface area contributed by atoms with Crippen LogP contribution in [0.25, 0.3) is 22.5 Å². The summed E-state index contributed by atoms with van der Waals surface area (Å²) in [5.41, 5.74) is 2.35. The normalized spacial score (nSPS) is 10.5. The van der Waals surface area contributed by atoms with Crippen LogP contribution in [-0.4, -0.2) is 12.6 Å². The van der Waals surface area contributed by atoms with Crippen molar-refractivity contribution in [1.82, 2.24) is 0 Å². The molecule has 4 heteroatoms. The lowest BCUT2D eigenvalue weighted by atomic mass is 9.99. The SMILES string of the molecule is CCOC(=O)c1c(-c2ccc(C)cc2)cc(-c2ccccc2)oc1=O. The summed E-state index contributed by atoms with van der Waals surface area (Å²) in [7, 11) is 0. The minimum Gasteiger partial charge on any atom is -0.462 e. The van der Waals surface area contributed by atoms with Crippen molar-refractivity contribution >= 4 is 5.97 Å². The Hall–Kier alpha value is -3.14. The Balaban J connectivity index is 2.23. The summed E-state index contributed by atoms with van der Waals surface area (Å²) >= 11 is 0. The second kappa shape index (κ2) is 7.18. The molecule has 0 fully saturated rings. The number of rotatable bonds is 4. The Kier molecular flexibility index (Phi) is 4.80. The zero-order chi connectivity index (χ0) is 17.8. The number of benzene rings is 2. The zero-order valence-electron chi connectivity index (χ0n) is 14.1. The van der Waals surface area contributed by atoms with Gasteiger partial charge in [-0.2, -0.15) is 0 Å². The molecular weight excluding hydrogens is 316 g/mol. The summed E-state index contributed by atoms with van der Waals surface area (Å²) in [5.74, 6) is -0.263. The van der Waals surface area contributed by atoms with Gasteiger partial charge in [-0.25, -0.2) is 9.59 Å². The molecule has 0 amide bonds. The van der Waals surface area contributed by atoms with Gasteiger partial charge in [-0.1, -0.05) is 60.2 Å². The third-order valence-electron chi connectivity index (χ3n) is 3.85. The summed E-state index contributed by atoms with van der Waals surface area (Å²) in [6.45, 7) is 3.86. The number of aryl methyl sites for hydroxylation is 1. The van der Waals surface area contributed by atoms with E-state index in [1.54, 1.807) is 13.0 Å². The molecule has 0 spiro atoms. The highest BCUT2D eigenvalue weighted by Crippen LogP contribution is 2.28. The van der Waals surface area contributed by atoms with Crippen molar-refractivity contribution in [2.75, 3.05) is 6.61 Å². The molecule has 0 N–H and O–H groups in total. The van der Waals surface area contributed by atoms with Gasteiger partial charge in [0.2, 0.25) is 0 Å². The number of hydrogen-bond donors (Lipinski definition) is 0. The van der Waals surface area contributed by atoms with Gasteiger partial charge in [0.15, 0.2) is 5.56 Å². The number of esters is 1. The van der Waals surface area contributed by atoms with Crippen molar-refractivity contribution in [1.29, 1.82) is 0 Å². The van der Waals surface area contributed by atoms with Gasteiger partial charge in [0, 0.05) is 11.1 Å². The fourth-order valence-electron chi connectivity index (χ4n) is 2.60. The summed E-state index contributed by atoms with van der Waals surface area (Å²) in [5, 5.41) is 0. The van der Waals surface area contributed by atoms with E-state index in [2.05, 4.69) is 0 Å². The van der Waals surface area contributed by atoms with Gasteiger partial charge in [-0.3, -0.25) is 0 Å². The number of carbonyl (C=O) groups is 1. The van der Waals surface area contributed by atoms with Crippen LogP contribution < -0.4 is 5.63 Å².